The molecule has 0 saturated carbocycles. The molecule has 0 aliphatic heterocycles. The predicted octanol–water partition coefficient (Wildman–Crippen LogP) is 2.35. The lowest BCUT2D eigenvalue weighted by atomic mass is 10.1. The van der Waals surface area contributed by atoms with Gasteiger partial charge in [0.05, 0.1) is 0 Å². The highest BCUT2D eigenvalue weighted by molar-refractivity contribution is 4.71. The van der Waals surface area contributed by atoms with Crippen molar-refractivity contribution in [2.24, 2.45) is 5.92 Å². The van der Waals surface area contributed by atoms with Crippen molar-refractivity contribution < 1.29 is 0 Å². The highest BCUT2D eigenvalue weighted by atomic mass is 15.1. The van der Waals surface area contributed by atoms with Gasteiger partial charge in [-0.05, 0) is 39.8 Å². The summed E-state index contributed by atoms with van der Waals surface area (Å²) in [6.07, 6.45) is 1.23. The summed E-state index contributed by atoms with van der Waals surface area (Å²) in [5.41, 5.74) is 0. The summed E-state index contributed by atoms with van der Waals surface area (Å²) in [7, 11) is 2.23. The van der Waals surface area contributed by atoms with E-state index in [-0.39, 0.29) is 0 Å². The highest BCUT2D eigenvalue weighted by Crippen LogP contribution is 2.07. The van der Waals surface area contributed by atoms with Gasteiger partial charge in [0.2, 0.25) is 0 Å². The van der Waals surface area contributed by atoms with Crippen LogP contribution in [0.25, 0.3) is 0 Å². The van der Waals surface area contributed by atoms with E-state index in [0.29, 0.717) is 12.1 Å². The Morgan fingerprint density at radius 1 is 1.14 bits per heavy atom. The van der Waals surface area contributed by atoms with Crippen LogP contribution in [0.4, 0.5) is 0 Å². The molecule has 0 amide bonds. The van der Waals surface area contributed by atoms with Gasteiger partial charge in [-0.25, -0.2) is 0 Å². The van der Waals surface area contributed by atoms with E-state index in [1.807, 2.05) is 0 Å². The molecule has 0 aromatic rings. The molecule has 0 fully saturated rings. The van der Waals surface area contributed by atoms with Crippen molar-refractivity contribution in [3.63, 3.8) is 0 Å². The van der Waals surface area contributed by atoms with Gasteiger partial charge in [-0.2, -0.15) is 0 Å². The fraction of sp³-hybridized carbons (Fsp3) is 1.00. The molecule has 0 bridgehead atoms. The van der Waals surface area contributed by atoms with E-state index in [9.17, 15) is 0 Å². The van der Waals surface area contributed by atoms with Crippen LogP contribution in [0.1, 0.15) is 41.0 Å². The lowest BCUT2D eigenvalue weighted by Gasteiger charge is -2.28. The summed E-state index contributed by atoms with van der Waals surface area (Å²) in [4.78, 5) is 2.46. The van der Waals surface area contributed by atoms with Crippen molar-refractivity contribution in [3.8, 4) is 0 Å². The fourth-order valence-electron chi connectivity index (χ4n) is 1.88. The zero-order valence-electron chi connectivity index (χ0n) is 10.8. The maximum atomic E-state index is 3.46. The van der Waals surface area contributed by atoms with E-state index in [0.717, 1.165) is 12.5 Å². The first kappa shape index (κ1) is 13.9. The average Bonchev–Trinajstić information content (AvgIpc) is 2.02. The summed E-state index contributed by atoms with van der Waals surface area (Å²) >= 11 is 0. The monoisotopic (exact) mass is 200 g/mol. The van der Waals surface area contributed by atoms with Crippen molar-refractivity contribution in [2.45, 2.75) is 53.1 Å². The maximum Gasteiger partial charge on any atom is 0.00786 e. The average molecular weight is 200 g/mol. The van der Waals surface area contributed by atoms with E-state index in [1.54, 1.807) is 0 Å². The van der Waals surface area contributed by atoms with Crippen LogP contribution in [0.15, 0.2) is 0 Å². The van der Waals surface area contributed by atoms with Crippen molar-refractivity contribution in [2.75, 3.05) is 20.1 Å². The van der Waals surface area contributed by atoms with Crippen LogP contribution in [-0.4, -0.2) is 37.1 Å². The summed E-state index contributed by atoms with van der Waals surface area (Å²) in [5, 5.41) is 3.46. The number of hydrogen-bond donors (Lipinski definition) is 1. The van der Waals surface area contributed by atoms with E-state index < -0.39 is 0 Å². The smallest absolute Gasteiger partial charge is 0.00786 e. The molecule has 0 aliphatic rings. The minimum atomic E-state index is 0.629. The molecule has 0 aromatic heterocycles. The predicted molar refractivity (Wildman–Crippen MR) is 64.7 cm³/mol. The Bertz CT molecular complexity index is 134. The van der Waals surface area contributed by atoms with Crippen molar-refractivity contribution in [1.29, 1.82) is 0 Å². The van der Waals surface area contributed by atoms with Gasteiger partial charge >= 0.3 is 0 Å². The highest BCUT2D eigenvalue weighted by Gasteiger charge is 2.13. The normalized spacial score (nSPS) is 16.3. The van der Waals surface area contributed by atoms with Crippen LogP contribution >= 0.6 is 0 Å². The molecular formula is C12H28N2. The van der Waals surface area contributed by atoms with Gasteiger partial charge in [-0.3, -0.25) is 0 Å². The molecule has 0 aromatic carbocycles. The number of nitrogens with one attached hydrogen (secondary N) is 1. The van der Waals surface area contributed by atoms with Gasteiger partial charge in [-0.1, -0.05) is 20.8 Å². The third-order valence-electron chi connectivity index (χ3n) is 2.65. The Morgan fingerprint density at radius 2 is 1.71 bits per heavy atom. The number of hydrogen-bond acceptors (Lipinski definition) is 2. The molecule has 86 valence electrons. The van der Waals surface area contributed by atoms with Crippen LogP contribution in [0, 0.1) is 5.92 Å². The van der Waals surface area contributed by atoms with Crippen molar-refractivity contribution >= 4 is 0 Å². The second-order valence-electron chi connectivity index (χ2n) is 4.88. The minimum Gasteiger partial charge on any atom is -0.314 e. The molecule has 2 unspecified atom stereocenters. The Hall–Kier alpha value is -0.0800. The first-order valence-corrected chi connectivity index (χ1v) is 5.91. The van der Waals surface area contributed by atoms with Gasteiger partial charge in [-0.15, -0.1) is 0 Å². The maximum absolute atomic E-state index is 3.46. The zero-order chi connectivity index (χ0) is 11.1. The van der Waals surface area contributed by atoms with Gasteiger partial charge in [0, 0.05) is 18.6 Å². The molecule has 14 heavy (non-hydrogen) atoms. The van der Waals surface area contributed by atoms with Gasteiger partial charge in [0.15, 0.2) is 0 Å². The van der Waals surface area contributed by atoms with E-state index in [2.05, 4.69) is 51.9 Å². The first-order chi connectivity index (χ1) is 6.47. The summed E-state index contributed by atoms with van der Waals surface area (Å²) in [6.45, 7) is 13.6. The second kappa shape index (κ2) is 7.24. The quantitative estimate of drug-likeness (QED) is 0.678. The molecule has 0 radical (unpaired) electrons. The number of nitrogens with zero attached hydrogens (tertiary/aromatic N) is 1. The molecule has 2 atom stereocenters. The molecule has 0 saturated heterocycles. The van der Waals surface area contributed by atoms with E-state index >= 15 is 0 Å². The van der Waals surface area contributed by atoms with Crippen LogP contribution in [0.2, 0.25) is 0 Å². The second-order valence-corrected chi connectivity index (χ2v) is 4.88. The SMILES string of the molecule is CCNC(C)CC(C)N(C)CC(C)C. The van der Waals surface area contributed by atoms with Crippen LogP contribution in [-0.2, 0) is 0 Å². The molecule has 2 nitrogen and oxygen atoms in total. The summed E-state index contributed by atoms with van der Waals surface area (Å²) in [5.74, 6) is 0.761. The Kier molecular flexibility index (Phi) is 7.20. The van der Waals surface area contributed by atoms with Gasteiger partial charge < -0.3 is 10.2 Å². The van der Waals surface area contributed by atoms with Gasteiger partial charge in [0.1, 0.15) is 0 Å². The van der Waals surface area contributed by atoms with Crippen molar-refractivity contribution in [1.82, 2.24) is 10.2 Å². The summed E-state index contributed by atoms with van der Waals surface area (Å²) < 4.78 is 0. The topological polar surface area (TPSA) is 15.3 Å². The molecule has 0 spiro atoms. The lowest BCUT2D eigenvalue weighted by molar-refractivity contribution is 0.209. The largest absolute Gasteiger partial charge is 0.314 e. The van der Waals surface area contributed by atoms with Crippen LogP contribution in [0.5, 0.6) is 0 Å². The molecule has 1 N–H and O–H groups in total. The van der Waals surface area contributed by atoms with E-state index in [1.165, 1.54) is 13.0 Å². The third kappa shape index (κ3) is 6.39. The fourth-order valence-corrected chi connectivity index (χ4v) is 1.88. The number of rotatable bonds is 7. The Labute approximate surface area is 90.1 Å². The zero-order valence-corrected chi connectivity index (χ0v) is 10.8. The first-order valence-electron chi connectivity index (χ1n) is 5.91. The Morgan fingerprint density at radius 3 is 2.14 bits per heavy atom. The van der Waals surface area contributed by atoms with Crippen LogP contribution < -0.4 is 5.32 Å². The molecule has 0 aliphatic carbocycles. The third-order valence-corrected chi connectivity index (χ3v) is 2.65. The standard InChI is InChI=1S/C12H28N2/c1-7-13-11(4)8-12(5)14(6)9-10(2)3/h10-13H,7-9H2,1-6H3. The molecule has 0 heterocycles. The molecular weight excluding hydrogens is 172 g/mol. The minimum absolute atomic E-state index is 0.629. The summed E-state index contributed by atoms with van der Waals surface area (Å²) in [6, 6.07) is 1.30. The van der Waals surface area contributed by atoms with Crippen LogP contribution in [0.3, 0.4) is 0 Å². The molecule has 0 rings (SSSR count). The lowest BCUT2D eigenvalue weighted by Crippen LogP contribution is -2.38. The molecule has 2 heteroatoms. The van der Waals surface area contributed by atoms with E-state index in [4.69, 9.17) is 0 Å². The van der Waals surface area contributed by atoms with Crippen molar-refractivity contribution in [3.05, 3.63) is 0 Å². The Balaban J connectivity index is 3.76. The van der Waals surface area contributed by atoms with Gasteiger partial charge in [0.25, 0.3) is 0 Å².